The summed E-state index contributed by atoms with van der Waals surface area (Å²) in [5, 5.41) is 12.0. The van der Waals surface area contributed by atoms with Crippen molar-refractivity contribution in [1.82, 2.24) is 9.55 Å². The lowest BCUT2D eigenvalue weighted by Crippen LogP contribution is -2.28. The number of anilines is 1. The maximum Gasteiger partial charge on any atom is 0.249 e. The highest BCUT2D eigenvalue weighted by atomic mass is 16.2. The Morgan fingerprint density at radius 2 is 2.04 bits per heavy atom. The van der Waals surface area contributed by atoms with E-state index in [1.807, 2.05) is 24.6 Å². The summed E-state index contributed by atoms with van der Waals surface area (Å²) in [4.78, 5) is 29.2. The molecule has 2 aromatic carbocycles. The maximum absolute atomic E-state index is 12.6. The molecule has 0 radical (unpaired) electrons. The third-order valence-corrected chi connectivity index (χ3v) is 3.95. The molecule has 6 heteroatoms. The molecule has 0 bridgehead atoms. The quantitative estimate of drug-likeness (QED) is 0.588. The van der Waals surface area contributed by atoms with Crippen molar-refractivity contribution in [2.24, 2.45) is 13.0 Å². The highest BCUT2D eigenvalue weighted by Gasteiger charge is 2.28. The number of aryl methyl sites for hydroxylation is 2. The number of Topliss-reactive ketones (excluding diaryl/α,β-unsaturated/α-hetero) is 1. The van der Waals surface area contributed by atoms with Crippen LogP contribution < -0.4 is 5.32 Å². The predicted octanol–water partition coefficient (Wildman–Crippen LogP) is 2.84. The zero-order valence-electron chi connectivity index (χ0n) is 13.9. The molecule has 1 N–H and O–H groups in total. The number of hydrogen-bond donors (Lipinski definition) is 1. The number of nitrogens with one attached hydrogen (secondary N) is 1. The molecule has 124 valence electrons. The number of carbonyl (C=O) groups is 2. The van der Waals surface area contributed by atoms with Crippen LogP contribution in [0.25, 0.3) is 11.0 Å². The molecule has 6 nitrogen and oxygen atoms in total. The fourth-order valence-electron chi connectivity index (χ4n) is 2.63. The van der Waals surface area contributed by atoms with Gasteiger partial charge in [0, 0.05) is 18.3 Å². The van der Waals surface area contributed by atoms with Gasteiger partial charge < -0.3 is 9.88 Å². The average Bonchev–Trinajstić information content (AvgIpc) is 2.96. The second-order valence-electron chi connectivity index (χ2n) is 5.84. The predicted molar refractivity (Wildman–Crippen MR) is 94.0 cm³/mol. The summed E-state index contributed by atoms with van der Waals surface area (Å²) in [6.45, 7) is 1.89. The van der Waals surface area contributed by atoms with Gasteiger partial charge in [0.1, 0.15) is 0 Å². The van der Waals surface area contributed by atoms with Gasteiger partial charge in [-0.3, -0.25) is 9.59 Å². The SMILES string of the molecule is Cc1cccc(NC(=O)[C@@H](C#N)C(=O)c2ccc3c(c2)ncn3C)c1. The van der Waals surface area contributed by atoms with E-state index in [9.17, 15) is 14.9 Å². The second kappa shape index (κ2) is 6.57. The Balaban J connectivity index is 1.84. The summed E-state index contributed by atoms with van der Waals surface area (Å²) in [6.07, 6.45) is 1.64. The first kappa shape index (κ1) is 16.4. The van der Waals surface area contributed by atoms with E-state index in [4.69, 9.17) is 0 Å². The number of imidazole rings is 1. The number of nitriles is 1. The fourth-order valence-corrected chi connectivity index (χ4v) is 2.63. The number of ketones is 1. The van der Waals surface area contributed by atoms with E-state index in [0.29, 0.717) is 11.2 Å². The summed E-state index contributed by atoms with van der Waals surface area (Å²) in [7, 11) is 1.85. The molecule has 0 saturated heterocycles. The lowest BCUT2D eigenvalue weighted by Gasteiger charge is -2.10. The Morgan fingerprint density at radius 1 is 1.24 bits per heavy atom. The van der Waals surface area contributed by atoms with Gasteiger partial charge in [-0.25, -0.2) is 4.98 Å². The van der Waals surface area contributed by atoms with Crippen LogP contribution in [0.5, 0.6) is 0 Å². The first-order valence-corrected chi connectivity index (χ1v) is 7.72. The van der Waals surface area contributed by atoms with Gasteiger partial charge in [0.05, 0.1) is 23.4 Å². The normalized spacial score (nSPS) is 11.7. The summed E-state index contributed by atoms with van der Waals surface area (Å²) >= 11 is 0. The highest BCUT2D eigenvalue weighted by molar-refractivity contribution is 6.16. The second-order valence-corrected chi connectivity index (χ2v) is 5.84. The van der Waals surface area contributed by atoms with Gasteiger partial charge in [-0.15, -0.1) is 0 Å². The first-order valence-electron chi connectivity index (χ1n) is 7.72. The number of nitrogens with zero attached hydrogens (tertiary/aromatic N) is 3. The Morgan fingerprint density at radius 3 is 2.76 bits per heavy atom. The van der Waals surface area contributed by atoms with Gasteiger partial charge in [-0.2, -0.15) is 5.26 Å². The third-order valence-electron chi connectivity index (χ3n) is 3.95. The fraction of sp³-hybridized carbons (Fsp3) is 0.158. The summed E-state index contributed by atoms with van der Waals surface area (Å²) < 4.78 is 1.83. The van der Waals surface area contributed by atoms with Crippen LogP contribution in [-0.2, 0) is 11.8 Å². The number of aromatic nitrogens is 2. The van der Waals surface area contributed by atoms with Crippen molar-refractivity contribution in [3.8, 4) is 6.07 Å². The van der Waals surface area contributed by atoms with Crippen molar-refractivity contribution in [3.05, 3.63) is 59.9 Å². The molecule has 1 atom stereocenters. The largest absolute Gasteiger partial charge is 0.334 e. The molecular formula is C19H16N4O2. The molecule has 0 fully saturated rings. The Hall–Kier alpha value is -3.46. The monoisotopic (exact) mass is 332 g/mol. The zero-order valence-corrected chi connectivity index (χ0v) is 13.9. The van der Waals surface area contributed by atoms with Gasteiger partial charge in [0.25, 0.3) is 0 Å². The number of fused-ring (bicyclic) bond motifs is 1. The van der Waals surface area contributed by atoms with E-state index in [1.54, 1.807) is 48.8 Å². The van der Waals surface area contributed by atoms with Crippen molar-refractivity contribution in [2.75, 3.05) is 5.32 Å². The number of hydrogen-bond acceptors (Lipinski definition) is 4. The number of benzene rings is 2. The molecule has 3 rings (SSSR count). The average molecular weight is 332 g/mol. The number of carbonyl (C=O) groups excluding carboxylic acids is 2. The zero-order chi connectivity index (χ0) is 18.0. The van der Waals surface area contributed by atoms with Crippen molar-refractivity contribution in [2.45, 2.75) is 6.92 Å². The van der Waals surface area contributed by atoms with Gasteiger partial charge in [-0.05, 0) is 42.8 Å². The number of rotatable bonds is 4. The van der Waals surface area contributed by atoms with E-state index in [1.165, 1.54) is 0 Å². The van der Waals surface area contributed by atoms with Crippen LogP contribution in [0.1, 0.15) is 15.9 Å². The highest BCUT2D eigenvalue weighted by Crippen LogP contribution is 2.18. The molecule has 0 unspecified atom stereocenters. The van der Waals surface area contributed by atoms with Crippen LogP contribution in [0.15, 0.2) is 48.8 Å². The minimum Gasteiger partial charge on any atom is -0.334 e. The molecule has 3 aromatic rings. The van der Waals surface area contributed by atoms with E-state index < -0.39 is 17.6 Å². The summed E-state index contributed by atoms with van der Waals surface area (Å²) in [5.74, 6) is -2.60. The van der Waals surface area contributed by atoms with E-state index >= 15 is 0 Å². The smallest absolute Gasteiger partial charge is 0.249 e. The third kappa shape index (κ3) is 3.26. The van der Waals surface area contributed by atoms with Crippen molar-refractivity contribution >= 4 is 28.4 Å². The molecule has 0 aliphatic heterocycles. The lowest BCUT2D eigenvalue weighted by molar-refractivity contribution is -0.117. The Kier molecular flexibility index (Phi) is 4.31. The minimum absolute atomic E-state index is 0.289. The molecule has 1 aromatic heterocycles. The first-order chi connectivity index (χ1) is 12.0. The van der Waals surface area contributed by atoms with Gasteiger partial charge in [0.2, 0.25) is 5.91 Å². The molecular weight excluding hydrogens is 316 g/mol. The Labute approximate surface area is 144 Å². The lowest BCUT2D eigenvalue weighted by atomic mass is 9.97. The van der Waals surface area contributed by atoms with Crippen molar-refractivity contribution in [3.63, 3.8) is 0 Å². The molecule has 0 saturated carbocycles. The molecule has 0 aliphatic rings. The molecule has 0 spiro atoms. The van der Waals surface area contributed by atoms with Gasteiger partial charge in [0.15, 0.2) is 11.7 Å². The van der Waals surface area contributed by atoms with Crippen LogP contribution in [0, 0.1) is 24.2 Å². The van der Waals surface area contributed by atoms with E-state index in [0.717, 1.165) is 11.1 Å². The Bertz CT molecular complexity index is 1010. The van der Waals surface area contributed by atoms with Crippen LogP contribution in [-0.4, -0.2) is 21.2 Å². The summed E-state index contributed by atoms with van der Waals surface area (Å²) in [5.41, 5.74) is 3.33. The standard InChI is InChI=1S/C19H16N4O2/c1-12-4-3-5-14(8-12)22-19(25)15(10-20)18(24)13-6-7-17-16(9-13)21-11-23(17)2/h3-9,11,15H,1-2H3,(H,22,25)/t15-/m0/s1. The van der Waals surface area contributed by atoms with E-state index in [2.05, 4.69) is 10.3 Å². The number of amides is 1. The summed E-state index contributed by atoms with van der Waals surface area (Å²) in [6, 6.07) is 13.9. The maximum atomic E-state index is 12.6. The van der Waals surface area contributed by atoms with Crippen LogP contribution >= 0.6 is 0 Å². The van der Waals surface area contributed by atoms with Crippen LogP contribution in [0.2, 0.25) is 0 Å². The van der Waals surface area contributed by atoms with Gasteiger partial charge in [-0.1, -0.05) is 12.1 Å². The van der Waals surface area contributed by atoms with E-state index in [-0.39, 0.29) is 5.56 Å². The van der Waals surface area contributed by atoms with Crippen molar-refractivity contribution < 1.29 is 9.59 Å². The van der Waals surface area contributed by atoms with Crippen LogP contribution in [0.3, 0.4) is 0 Å². The van der Waals surface area contributed by atoms with Crippen molar-refractivity contribution in [1.29, 1.82) is 5.26 Å². The van der Waals surface area contributed by atoms with Crippen LogP contribution in [0.4, 0.5) is 5.69 Å². The minimum atomic E-state index is -1.42. The molecule has 1 heterocycles. The molecule has 25 heavy (non-hydrogen) atoms. The topological polar surface area (TPSA) is 87.8 Å². The molecule has 0 aliphatic carbocycles. The van der Waals surface area contributed by atoms with Gasteiger partial charge >= 0.3 is 0 Å². The molecule has 1 amide bonds.